The van der Waals surface area contributed by atoms with Crippen molar-refractivity contribution in [3.05, 3.63) is 64.1 Å². The lowest BCUT2D eigenvalue weighted by Gasteiger charge is -2.09. The number of nitrogens with one attached hydrogen (secondary N) is 1. The third-order valence-electron chi connectivity index (χ3n) is 3.47. The second-order valence-corrected chi connectivity index (χ2v) is 6.38. The Balaban J connectivity index is 1.85. The van der Waals surface area contributed by atoms with E-state index in [0.717, 1.165) is 28.6 Å². The Morgan fingerprint density at radius 2 is 1.92 bits per heavy atom. The summed E-state index contributed by atoms with van der Waals surface area (Å²) in [5, 5.41) is 13.9. The van der Waals surface area contributed by atoms with Crippen molar-refractivity contribution in [3.63, 3.8) is 0 Å². The van der Waals surface area contributed by atoms with Crippen LogP contribution in [0, 0.1) is 0 Å². The van der Waals surface area contributed by atoms with E-state index in [2.05, 4.69) is 33.4 Å². The zero-order valence-corrected chi connectivity index (χ0v) is 15.6. The van der Waals surface area contributed by atoms with Crippen LogP contribution in [-0.4, -0.2) is 23.8 Å². The molecule has 2 aromatic carbocycles. The molecule has 0 spiro atoms. The van der Waals surface area contributed by atoms with Crippen molar-refractivity contribution in [1.82, 2.24) is 5.43 Å². The third kappa shape index (κ3) is 6.32. The van der Waals surface area contributed by atoms with Gasteiger partial charge in [-0.1, -0.05) is 41.4 Å². The zero-order chi connectivity index (χ0) is 18.1. The predicted molar refractivity (Wildman–Crippen MR) is 102 cm³/mol. The number of aliphatic hydroxyl groups is 1. The smallest absolute Gasteiger partial charge is 0.273 e. The predicted octanol–water partition coefficient (Wildman–Crippen LogP) is 3.81. The highest BCUT2D eigenvalue weighted by Gasteiger charge is 2.16. The molecular weight excluding hydrogens is 384 g/mol. The molecule has 6 heteroatoms. The number of unbranched alkanes of at least 4 members (excludes halogenated alkanes) is 1. The van der Waals surface area contributed by atoms with Gasteiger partial charge in [0.1, 0.15) is 5.75 Å². The Labute approximate surface area is 155 Å². The average molecular weight is 405 g/mol. The first-order valence-electron chi connectivity index (χ1n) is 8.09. The number of nitrogens with zero attached hydrogens (tertiary/aromatic N) is 1. The number of carbonyl (C=O) groups excluding carboxylic acids is 1. The van der Waals surface area contributed by atoms with E-state index in [0.29, 0.717) is 12.2 Å². The SMILES string of the molecule is CCCCOc1ccc(C=NNC(=O)C(O)c2ccc(Br)cc2)cc1. The van der Waals surface area contributed by atoms with Crippen LogP contribution in [0.3, 0.4) is 0 Å². The van der Waals surface area contributed by atoms with Crippen LogP contribution >= 0.6 is 15.9 Å². The first-order chi connectivity index (χ1) is 12.1. The van der Waals surface area contributed by atoms with Gasteiger partial charge in [-0.2, -0.15) is 5.10 Å². The van der Waals surface area contributed by atoms with Gasteiger partial charge in [0.25, 0.3) is 5.91 Å². The van der Waals surface area contributed by atoms with Gasteiger partial charge in [-0.15, -0.1) is 0 Å². The molecule has 0 saturated carbocycles. The molecule has 1 unspecified atom stereocenters. The summed E-state index contributed by atoms with van der Waals surface area (Å²) in [4.78, 5) is 11.9. The quantitative estimate of drug-likeness (QED) is 0.399. The van der Waals surface area contributed by atoms with Gasteiger partial charge in [0.05, 0.1) is 12.8 Å². The first-order valence-corrected chi connectivity index (χ1v) is 8.88. The molecular formula is C19H21BrN2O3. The van der Waals surface area contributed by atoms with E-state index >= 15 is 0 Å². The highest BCUT2D eigenvalue weighted by atomic mass is 79.9. The van der Waals surface area contributed by atoms with Crippen molar-refractivity contribution in [1.29, 1.82) is 0 Å². The molecule has 132 valence electrons. The number of hydrogen-bond acceptors (Lipinski definition) is 4. The van der Waals surface area contributed by atoms with Crippen molar-refractivity contribution < 1.29 is 14.6 Å². The second-order valence-electron chi connectivity index (χ2n) is 5.46. The fourth-order valence-corrected chi connectivity index (χ4v) is 2.28. The molecule has 1 amide bonds. The van der Waals surface area contributed by atoms with E-state index in [1.54, 1.807) is 24.3 Å². The zero-order valence-electron chi connectivity index (χ0n) is 14.0. The monoisotopic (exact) mass is 404 g/mol. The number of ether oxygens (including phenoxy) is 1. The lowest BCUT2D eigenvalue weighted by molar-refractivity contribution is -0.129. The molecule has 25 heavy (non-hydrogen) atoms. The van der Waals surface area contributed by atoms with E-state index in [9.17, 15) is 9.90 Å². The van der Waals surface area contributed by atoms with Gasteiger partial charge in [0.2, 0.25) is 0 Å². The highest BCUT2D eigenvalue weighted by molar-refractivity contribution is 9.10. The van der Waals surface area contributed by atoms with Crippen molar-refractivity contribution in [2.45, 2.75) is 25.9 Å². The van der Waals surface area contributed by atoms with Crippen molar-refractivity contribution in [3.8, 4) is 5.75 Å². The van der Waals surface area contributed by atoms with Crippen LogP contribution in [0.15, 0.2) is 58.1 Å². The van der Waals surface area contributed by atoms with E-state index in [1.165, 1.54) is 6.21 Å². The molecule has 0 aliphatic carbocycles. The molecule has 1 atom stereocenters. The molecule has 0 fully saturated rings. The normalized spacial score (nSPS) is 12.1. The summed E-state index contributed by atoms with van der Waals surface area (Å²) in [6, 6.07) is 14.3. The number of benzene rings is 2. The fourth-order valence-electron chi connectivity index (χ4n) is 2.01. The van der Waals surface area contributed by atoms with Gasteiger partial charge in [0, 0.05) is 4.47 Å². The van der Waals surface area contributed by atoms with Gasteiger partial charge >= 0.3 is 0 Å². The fraction of sp³-hybridized carbons (Fsp3) is 0.263. The second kappa shape index (κ2) is 9.96. The number of rotatable bonds is 8. The highest BCUT2D eigenvalue weighted by Crippen LogP contribution is 2.17. The third-order valence-corrected chi connectivity index (χ3v) is 4.00. The largest absolute Gasteiger partial charge is 0.494 e. The van der Waals surface area contributed by atoms with E-state index in [1.807, 2.05) is 24.3 Å². The number of aliphatic hydroxyl groups excluding tert-OH is 1. The lowest BCUT2D eigenvalue weighted by Crippen LogP contribution is -2.25. The number of hydrazone groups is 1. The average Bonchev–Trinajstić information content (AvgIpc) is 2.63. The van der Waals surface area contributed by atoms with E-state index in [-0.39, 0.29) is 0 Å². The maximum atomic E-state index is 11.9. The Morgan fingerprint density at radius 3 is 2.56 bits per heavy atom. The van der Waals surface area contributed by atoms with Crippen molar-refractivity contribution in [2.75, 3.05) is 6.61 Å². The summed E-state index contributed by atoms with van der Waals surface area (Å²) in [5.74, 6) is 0.221. The van der Waals surface area contributed by atoms with Gasteiger partial charge in [-0.05, 0) is 53.9 Å². The minimum Gasteiger partial charge on any atom is -0.494 e. The van der Waals surface area contributed by atoms with Crippen LogP contribution in [-0.2, 0) is 4.79 Å². The minimum absolute atomic E-state index is 0.504. The molecule has 2 aromatic rings. The Kier molecular flexibility index (Phi) is 7.63. The number of halogens is 1. The molecule has 5 nitrogen and oxygen atoms in total. The van der Waals surface area contributed by atoms with E-state index < -0.39 is 12.0 Å². The summed E-state index contributed by atoms with van der Waals surface area (Å²) in [6.45, 7) is 2.82. The van der Waals surface area contributed by atoms with Crippen molar-refractivity contribution in [2.24, 2.45) is 5.10 Å². The molecule has 0 aromatic heterocycles. The number of carbonyl (C=O) groups is 1. The van der Waals surface area contributed by atoms with Crippen molar-refractivity contribution >= 4 is 28.1 Å². The number of amides is 1. The molecule has 0 heterocycles. The van der Waals surface area contributed by atoms with Gasteiger partial charge < -0.3 is 9.84 Å². The number of hydrogen-bond donors (Lipinski definition) is 2. The van der Waals surface area contributed by atoms with Gasteiger partial charge in [-0.3, -0.25) is 4.79 Å². The van der Waals surface area contributed by atoms with Crippen LogP contribution in [0.5, 0.6) is 5.75 Å². The summed E-state index contributed by atoms with van der Waals surface area (Å²) < 4.78 is 6.46. The lowest BCUT2D eigenvalue weighted by atomic mass is 10.1. The first kappa shape index (κ1) is 19.1. The molecule has 0 radical (unpaired) electrons. The van der Waals surface area contributed by atoms with Gasteiger partial charge in [-0.25, -0.2) is 5.43 Å². The summed E-state index contributed by atoms with van der Waals surface area (Å²) >= 11 is 3.31. The minimum atomic E-state index is -1.26. The van der Waals surface area contributed by atoms with Crippen LogP contribution in [0.25, 0.3) is 0 Å². The van der Waals surface area contributed by atoms with Crippen LogP contribution in [0.2, 0.25) is 0 Å². The topological polar surface area (TPSA) is 70.9 Å². The Bertz CT molecular complexity index is 700. The van der Waals surface area contributed by atoms with E-state index in [4.69, 9.17) is 4.74 Å². The van der Waals surface area contributed by atoms with Crippen LogP contribution < -0.4 is 10.2 Å². The summed E-state index contributed by atoms with van der Waals surface area (Å²) in [6.07, 6.45) is 2.37. The summed E-state index contributed by atoms with van der Waals surface area (Å²) in [7, 11) is 0. The molecule has 0 bridgehead atoms. The molecule has 0 saturated heterocycles. The van der Waals surface area contributed by atoms with Gasteiger partial charge in [0.15, 0.2) is 6.10 Å². The summed E-state index contributed by atoms with van der Waals surface area (Å²) in [5.41, 5.74) is 3.66. The molecule has 0 aliphatic rings. The molecule has 2 rings (SSSR count). The van der Waals surface area contributed by atoms with Crippen LogP contribution in [0.4, 0.5) is 0 Å². The maximum absolute atomic E-state index is 11.9. The standard InChI is InChI=1S/C19H21BrN2O3/c1-2-3-12-25-17-10-4-14(5-11-17)13-21-22-19(24)18(23)15-6-8-16(20)9-7-15/h4-11,13,18,23H,2-3,12H2,1H3,(H,22,24). The Hall–Kier alpha value is -2.18. The molecule has 2 N–H and O–H groups in total. The Morgan fingerprint density at radius 1 is 1.24 bits per heavy atom. The molecule has 0 aliphatic heterocycles. The maximum Gasteiger partial charge on any atom is 0.273 e. The van der Waals surface area contributed by atoms with Crippen LogP contribution in [0.1, 0.15) is 37.0 Å².